The molecule has 1 heterocycles. The normalized spacial score (nSPS) is 10.4. The summed E-state index contributed by atoms with van der Waals surface area (Å²) in [6.45, 7) is 0. The number of hydrogen-bond donors (Lipinski definition) is 1. The molecule has 9 heteroatoms. The summed E-state index contributed by atoms with van der Waals surface area (Å²) >= 11 is 0.224. The highest BCUT2D eigenvalue weighted by Crippen LogP contribution is 2.24. The van der Waals surface area contributed by atoms with Gasteiger partial charge in [0.1, 0.15) is 22.2 Å². The molecule has 1 aromatic carbocycles. The van der Waals surface area contributed by atoms with Crippen molar-refractivity contribution >= 4 is 23.4 Å². The molecule has 0 aliphatic rings. The van der Waals surface area contributed by atoms with Gasteiger partial charge < -0.3 is 5.32 Å². The zero-order valence-electron chi connectivity index (χ0n) is 11.2. The van der Waals surface area contributed by atoms with Gasteiger partial charge in [-0.1, -0.05) is 0 Å². The number of amides is 1. The van der Waals surface area contributed by atoms with Gasteiger partial charge in [-0.25, -0.2) is 13.8 Å². The number of nitrogens with one attached hydrogen (secondary N) is 1. The minimum atomic E-state index is -2.63. The summed E-state index contributed by atoms with van der Waals surface area (Å²) in [5, 5.41) is 10.8. The van der Waals surface area contributed by atoms with Crippen molar-refractivity contribution in [2.75, 3.05) is 5.32 Å². The molecular weight excluding hydrogens is 334 g/mol. The maximum absolute atomic E-state index is 13.7. The van der Waals surface area contributed by atoms with Crippen molar-refractivity contribution in [1.82, 2.24) is 4.98 Å². The lowest BCUT2D eigenvalue weighted by Crippen LogP contribution is -2.16. The maximum atomic E-state index is 13.7. The minimum absolute atomic E-state index is 0.0359. The van der Waals surface area contributed by atoms with E-state index in [2.05, 4.69) is 10.3 Å². The average Bonchev–Trinajstić information content (AvgIpc) is 2.47. The SMILES string of the molecule is N#Cc1cc(F)c(C(=O)Nc2ccc(SC(F)F)nc2)c(F)c1. The van der Waals surface area contributed by atoms with Gasteiger partial charge in [0, 0.05) is 0 Å². The molecule has 1 aromatic heterocycles. The summed E-state index contributed by atoms with van der Waals surface area (Å²) in [7, 11) is 0. The number of rotatable bonds is 4. The van der Waals surface area contributed by atoms with E-state index in [1.165, 1.54) is 12.1 Å². The smallest absolute Gasteiger partial charge is 0.290 e. The number of hydrogen-bond acceptors (Lipinski definition) is 4. The highest BCUT2D eigenvalue weighted by atomic mass is 32.2. The average molecular weight is 341 g/mol. The van der Waals surface area contributed by atoms with Crippen LogP contribution in [-0.4, -0.2) is 16.6 Å². The van der Waals surface area contributed by atoms with Crippen LogP contribution in [0.15, 0.2) is 35.5 Å². The predicted molar refractivity (Wildman–Crippen MR) is 75.1 cm³/mol. The number of thioether (sulfide) groups is 1. The van der Waals surface area contributed by atoms with Crippen molar-refractivity contribution in [3.05, 3.63) is 53.2 Å². The number of carbonyl (C=O) groups excluding carboxylic acids is 1. The first-order valence-corrected chi connectivity index (χ1v) is 6.90. The fourth-order valence-electron chi connectivity index (χ4n) is 1.66. The Morgan fingerprint density at radius 1 is 1.26 bits per heavy atom. The molecule has 0 atom stereocenters. The van der Waals surface area contributed by atoms with Crippen LogP contribution in [0.3, 0.4) is 0 Å². The van der Waals surface area contributed by atoms with Gasteiger partial charge in [0.05, 0.1) is 23.5 Å². The Kier molecular flexibility index (Phi) is 5.18. The third-order valence-corrected chi connectivity index (χ3v) is 3.26. The van der Waals surface area contributed by atoms with Crippen LogP contribution in [0.4, 0.5) is 23.2 Å². The summed E-state index contributed by atoms with van der Waals surface area (Å²) in [5.41, 5.74) is -1.03. The van der Waals surface area contributed by atoms with Crippen LogP contribution in [0, 0.1) is 23.0 Å². The molecule has 0 unspecified atom stereocenters. The number of alkyl halides is 2. The minimum Gasteiger partial charge on any atom is -0.320 e. The molecule has 0 radical (unpaired) electrons. The highest BCUT2D eigenvalue weighted by molar-refractivity contribution is 7.99. The summed E-state index contributed by atoms with van der Waals surface area (Å²) in [4.78, 5) is 15.6. The molecule has 2 rings (SSSR count). The lowest BCUT2D eigenvalue weighted by molar-refractivity contribution is 0.101. The molecule has 0 spiro atoms. The molecule has 4 nitrogen and oxygen atoms in total. The molecule has 1 N–H and O–H groups in total. The molecular formula is C14H7F4N3OS. The summed E-state index contributed by atoms with van der Waals surface area (Å²) in [6.07, 6.45) is 1.09. The third-order valence-electron chi connectivity index (χ3n) is 2.60. The van der Waals surface area contributed by atoms with Crippen molar-refractivity contribution in [3.63, 3.8) is 0 Å². The van der Waals surface area contributed by atoms with Crippen molar-refractivity contribution in [1.29, 1.82) is 5.26 Å². The quantitative estimate of drug-likeness (QED) is 0.679. The molecule has 2 aromatic rings. The van der Waals surface area contributed by atoms with Crippen molar-refractivity contribution in [2.24, 2.45) is 0 Å². The first-order valence-electron chi connectivity index (χ1n) is 6.02. The topological polar surface area (TPSA) is 65.8 Å². The van der Waals surface area contributed by atoms with E-state index in [9.17, 15) is 22.4 Å². The Bertz CT molecular complexity index is 752. The van der Waals surface area contributed by atoms with E-state index in [1.54, 1.807) is 6.07 Å². The first kappa shape index (κ1) is 16.8. The lowest BCUT2D eigenvalue weighted by Gasteiger charge is -2.08. The largest absolute Gasteiger partial charge is 0.320 e. The Morgan fingerprint density at radius 3 is 2.39 bits per heavy atom. The van der Waals surface area contributed by atoms with Gasteiger partial charge in [0.25, 0.3) is 11.7 Å². The lowest BCUT2D eigenvalue weighted by atomic mass is 10.1. The number of nitriles is 1. The maximum Gasteiger partial charge on any atom is 0.290 e. The third kappa shape index (κ3) is 4.20. The van der Waals surface area contributed by atoms with E-state index in [1.807, 2.05) is 0 Å². The summed E-state index contributed by atoms with van der Waals surface area (Å²) < 4.78 is 51.7. The zero-order valence-corrected chi connectivity index (χ0v) is 12.0. The van der Waals surface area contributed by atoms with Crippen LogP contribution >= 0.6 is 11.8 Å². The number of anilines is 1. The fraction of sp³-hybridized carbons (Fsp3) is 0.0714. The Hall–Kier alpha value is -2.60. The van der Waals surface area contributed by atoms with Gasteiger partial charge in [-0.15, -0.1) is 0 Å². The van der Waals surface area contributed by atoms with Crippen LogP contribution < -0.4 is 5.32 Å². The van der Waals surface area contributed by atoms with Crippen molar-refractivity contribution in [3.8, 4) is 6.07 Å². The van der Waals surface area contributed by atoms with Crippen LogP contribution in [0.5, 0.6) is 0 Å². The van der Waals surface area contributed by atoms with Gasteiger partial charge in [0.15, 0.2) is 0 Å². The van der Waals surface area contributed by atoms with Crippen LogP contribution in [0.25, 0.3) is 0 Å². The van der Waals surface area contributed by atoms with Gasteiger partial charge in [-0.05, 0) is 36.0 Å². The molecule has 0 saturated carbocycles. The Labute approximate surface area is 132 Å². The highest BCUT2D eigenvalue weighted by Gasteiger charge is 2.19. The second-order valence-electron chi connectivity index (χ2n) is 4.14. The van der Waals surface area contributed by atoms with E-state index < -0.39 is 28.9 Å². The van der Waals surface area contributed by atoms with E-state index >= 15 is 0 Å². The molecule has 118 valence electrons. The van der Waals surface area contributed by atoms with E-state index in [0.29, 0.717) is 0 Å². The number of halogens is 4. The Morgan fingerprint density at radius 2 is 1.91 bits per heavy atom. The number of aromatic nitrogens is 1. The van der Waals surface area contributed by atoms with Crippen LogP contribution in [0.2, 0.25) is 0 Å². The molecule has 0 fully saturated rings. The van der Waals surface area contributed by atoms with Gasteiger partial charge in [-0.3, -0.25) is 4.79 Å². The molecule has 23 heavy (non-hydrogen) atoms. The van der Waals surface area contributed by atoms with Gasteiger partial charge in [-0.2, -0.15) is 14.0 Å². The van der Waals surface area contributed by atoms with E-state index in [4.69, 9.17) is 5.26 Å². The molecule has 0 aliphatic heterocycles. The number of pyridine rings is 1. The monoisotopic (exact) mass is 341 g/mol. The molecule has 0 aliphatic carbocycles. The number of carbonyl (C=O) groups is 1. The fourth-order valence-corrected chi connectivity index (χ4v) is 2.11. The molecule has 0 bridgehead atoms. The first-order chi connectivity index (χ1) is 10.9. The van der Waals surface area contributed by atoms with Crippen molar-refractivity contribution in [2.45, 2.75) is 10.8 Å². The van der Waals surface area contributed by atoms with E-state index in [-0.39, 0.29) is 28.0 Å². The van der Waals surface area contributed by atoms with Crippen LogP contribution in [0.1, 0.15) is 15.9 Å². The zero-order chi connectivity index (χ0) is 17.0. The standard InChI is InChI=1S/C14H7F4N3OS/c15-9-3-7(5-19)4-10(16)12(9)13(22)21-8-1-2-11(20-6-8)23-14(17)18/h1-4,6,14H,(H,21,22). The number of benzene rings is 1. The second kappa shape index (κ2) is 7.11. The number of nitrogens with zero attached hydrogens (tertiary/aromatic N) is 2. The second-order valence-corrected chi connectivity index (χ2v) is 5.15. The molecule has 0 saturated heterocycles. The molecule has 1 amide bonds. The van der Waals surface area contributed by atoms with Crippen molar-refractivity contribution < 1.29 is 22.4 Å². The summed E-state index contributed by atoms with van der Waals surface area (Å²) in [6, 6.07) is 5.54. The summed E-state index contributed by atoms with van der Waals surface area (Å²) in [5.74, 6) is -6.08. The van der Waals surface area contributed by atoms with E-state index in [0.717, 1.165) is 18.3 Å². The van der Waals surface area contributed by atoms with Gasteiger partial charge in [0.2, 0.25) is 0 Å². The Balaban J connectivity index is 2.18. The van der Waals surface area contributed by atoms with Crippen LogP contribution in [-0.2, 0) is 0 Å². The van der Waals surface area contributed by atoms with Gasteiger partial charge >= 0.3 is 0 Å². The predicted octanol–water partition coefficient (Wildman–Crippen LogP) is 3.80.